The van der Waals surface area contributed by atoms with Gasteiger partial charge in [-0.25, -0.2) is 9.68 Å². The lowest BCUT2D eigenvalue weighted by Gasteiger charge is -2.09. The third kappa shape index (κ3) is 8.55. The summed E-state index contributed by atoms with van der Waals surface area (Å²) >= 11 is 0. The highest BCUT2D eigenvalue weighted by atomic mass is 33.1. The predicted molar refractivity (Wildman–Crippen MR) is 103 cm³/mol. The van der Waals surface area contributed by atoms with Crippen LogP contribution in [0, 0.1) is 10.1 Å². The fourth-order valence-electron chi connectivity index (χ4n) is 2.05. The molecule has 0 bridgehead atoms. The molecule has 160 valence electrons. The highest BCUT2D eigenvalue weighted by Gasteiger charge is 2.19. The first-order chi connectivity index (χ1) is 14.0. The number of aliphatic hydroxyl groups is 1. The Balaban J connectivity index is 1.56. The van der Waals surface area contributed by atoms with Crippen molar-refractivity contribution in [2.24, 2.45) is 0 Å². The van der Waals surface area contributed by atoms with Crippen molar-refractivity contribution in [2.75, 3.05) is 24.7 Å². The van der Waals surface area contributed by atoms with Crippen molar-refractivity contribution in [1.29, 1.82) is 0 Å². The van der Waals surface area contributed by atoms with Crippen LogP contribution in [0.4, 0.5) is 5.69 Å². The van der Waals surface area contributed by atoms with Crippen molar-refractivity contribution >= 4 is 39.2 Å². The van der Waals surface area contributed by atoms with Gasteiger partial charge in [-0.05, 0) is 18.6 Å². The predicted octanol–water partition coefficient (Wildman–Crippen LogP) is 2.18. The van der Waals surface area contributed by atoms with E-state index in [1.165, 1.54) is 33.7 Å². The van der Waals surface area contributed by atoms with Crippen LogP contribution >= 0.6 is 21.6 Å². The van der Waals surface area contributed by atoms with E-state index in [1.54, 1.807) is 0 Å². The quantitative estimate of drug-likeness (QED) is 0.125. The number of carbonyl (C=O) groups is 2. The third-order valence-corrected chi connectivity index (χ3v) is 5.88. The Morgan fingerprint density at radius 2 is 1.90 bits per heavy atom. The second-order valence-corrected chi connectivity index (χ2v) is 8.23. The van der Waals surface area contributed by atoms with E-state index in [1.807, 2.05) is 0 Å². The smallest absolute Gasteiger partial charge is 0.331 e. The van der Waals surface area contributed by atoms with Gasteiger partial charge in [0.2, 0.25) is 0 Å². The Hall–Kier alpha value is -1.90. The SMILES string of the molecule is O=C(CCCSSCCC(=O)ON1OCCO1)Oc1ccc(CO)c([N+](=O)[O-])c1. The first-order valence-corrected chi connectivity index (χ1v) is 11.1. The molecule has 1 aromatic carbocycles. The molecule has 0 aliphatic carbocycles. The molecule has 0 saturated carbocycles. The molecule has 0 atom stereocenters. The number of nitro benzene ring substituents is 1. The van der Waals surface area contributed by atoms with Gasteiger partial charge < -0.3 is 14.7 Å². The van der Waals surface area contributed by atoms with Gasteiger partial charge >= 0.3 is 11.9 Å². The maximum Gasteiger partial charge on any atom is 0.331 e. The molecule has 1 aromatic rings. The zero-order chi connectivity index (χ0) is 21.1. The van der Waals surface area contributed by atoms with Gasteiger partial charge in [0, 0.05) is 17.9 Å². The number of hydrogen-bond donors (Lipinski definition) is 1. The second kappa shape index (κ2) is 12.6. The second-order valence-electron chi connectivity index (χ2n) is 5.53. The molecule has 1 aliphatic rings. The molecule has 0 unspecified atom stereocenters. The van der Waals surface area contributed by atoms with Crippen LogP contribution in [0.5, 0.6) is 5.75 Å². The van der Waals surface area contributed by atoms with Gasteiger partial charge in [0.15, 0.2) is 0 Å². The first kappa shape index (κ1) is 23.4. The van der Waals surface area contributed by atoms with E-state index >= 15 is 0 Å². The number of nitrogens with zero attached hydrogens (tertiary/aromatic N) is 2. The maximum atomic E-state index is 11.8. The van der Waals surface area contributed by atoms with E-state index in [2.05, 4.69) is 0 Å². The van der Waals surface area contributed by atoms with E-state index < -0.39 is 23.5 Å². The number of aliphatic hydroxyl groups excluding tert-OH is 1. The number of ether oxygens (including phenoxy) is 1. The topological polar surface area (TPSA) is 138 Å². The van der Waals surface area contributed by atoms with Crippen molar-refractivity contribution < 1.29 is 38.9 Å². The molecule has 1 aliphatic heterocycles. The fraction of sp³-hybridized carbons (Fsp3) is 0.500. The first-order valence-electron chi connectivity index (χ1n) is 8.59. The monoisotopic (exact) mass is 448 g/mol. The van der Waals surface area contributed by atoms with E-state index in [-0.39, 0.29) is 29.8 Å². The van der Waals surface area contributed by atoms with Gasteiger partial charge in [-0.3, -0.25) is 19.7 Å². The fourth-order valence-corrected chi connectivity index (χ4v) is 4.11. The van der Waals surface area contributed by atoms with Crippen LogP contribution < -0.4 is 4.74 Å². The van der Waals surface area contributed by atoms with Crippen LogP contribution in [0.25, 0.3) is 0 Å². The standard InChI is InChI=1S/C16H20N2O9S2/c19-11-12-3-4-13(10-14(12)17(22)23)26-15(20)2-1-8-28-29-9-5-16(21)27-18-24-6-7-25-18/h3-4,10,19H,1-2,5-9,11H2. The molecule has 13 heteroatoms. The molecule has 1 saturated heterocycles. The molecule has 0 spiro atoms. The van der Waals surface area contributed by atoms with Crippen LogP contribution in [0.15, 0.2) is 18.2 Å². The minimum Gasteiger partial charge on any atom is -0.426 e. The third-order valence-electron chi connectivity index (χ3n) is 3.39. The van der Waals surface area contributed by atoms with Crippen molar-refractivity contribution in [3.8, 4) is 5.75 Å². The Bertz CT molecular complexity index is 714. The summed E-state index contributed by atoms with van der Waals surface area (Å²) in [4.78, 5) is 48.1. The summed E-state index contributed by atoms with van der Waals surface area (Å²) < 4.78 is 5.10. The van der Waals surface area contributed by atoms with Crippen molar-refractivity contribution in [2.45, 2.75) is 25.9 Å². The molecular weight excluding hydrogens is 428 g/mol. The highest BCUT2D eigenvalue weighted by Crippen LogP contribution is 2.26. The molecule has 29 heavy (non-hydrogen) atoms. The van der Waals surface area contributed by atoms with Crippen LogP contribution in [0.1, 0.15) is 24.8 Å². The Kier molecular flexibility index (Phi) is 10.2. The van der Waals surface area contributed by atoms with Crippen molar-refractivity contribution in [1.82, 2.24) is 5.39 Å². The Morgan fingerprint density at radius 1 is 1.17 bits per heavy atom. The van der Waals surface area contributed by atoms with Crippen LogP contribution in [-0.4, -0.2) is 52.1 Å². The van der Waals surface area contributed by atoms with Crippen molar-refractivity contribution in [3.05, 3.63) is 33.9 Å². The Morgan fingerprint density at radius 3 is 2.59 bits per heavy atom. The van der Waals surface area contributed by atoms with Gasteiger partial charge in [-0.1, -0.05) is 21.6 Å². The lowest BCUT2D eigenvalue weighted by molar-refractivity contribution is -0.460. The molecule has 1 N–H and O–H groups in total. The molecule has 1 heterocycles. The summed E-state index contributed by atoms with van der Waals surface area (Å²) in [6, 6.07) is 3.87. The van der Waals surface area contributed by atoms with Gasteiger partial charge in [0.1, 0.15) is 24.4 Å². The van der Waals surface area contributed by atoms with Gasteiger partial charge in [0.05, 0.1) is 29.6 Å². The van der Waals surface area contributed by atoms with E-state index in [0.717, 1.165) is 6.07 Å². The zero-order valence-electron chi connectivity index (χ0n) is 15.3. The van der Waals surface area contributed by atoms with Crippen LogP contribution in [0.3, 0.4) is 0 Å². The summed E-state index contributed by atoms with van der Waals surface area (Å²) in [5, 5.41) is 20.7. The van der Waals surface area contributed by atoms with E-state index in [0.29, 0.717) is 36.5 Å². The van der Waals surface area contributed by atoms with Crippen LogP contribution in [-0.2, 0) is 30.7 Å². The summed E-state index contributed by atoms with van der Waals surface area (Å²) in [5.41, 5.74) is -0.154. The van der Waals surface area contributed by atoms with Gasteiger partial charge in [-0.2, -0.15) is 0 Å². The molecule has 0 radical (unpaired) electrons. The van der Waals surface area contributed by atoms with Gasteiger partial charge in [-0.15, -0.1) is 0 Å². The summed E-state index contributed by atoms with van der Waals surface area (Å²) in [6.45, 7) is 0.202. The molecular formula is C16H20N2O9S2. The minimum atomic E-state index is -0.641. The van der Waals surface area contributed by atoms with E-state index in [4.69, 9.17) is 24.4 Å². The zero-order valence-corrected chi connectivity index (χ0v) is 16.9. The molecule has 0 amide bonds. The summed E-state index contributed by atoms with van der Waals surface area (Å²) in [6.07, 6.45) is 0.882. The summed E-state index contributed by atoms with van der Waals surface area (Å²) in [5.74, 6) is 0.283. The molecule has 0 aromatic heterocycles. The largest absolute Gasteiger partial charge is 0.426 e. The number of carbonyl (C=O) groups excluding carboxylic acids is 2. The van der Waals surface area contributed by atoms with Crippen molar-refractivity contribution in [3.63, 3.8) is 0 Å². The Labute approximate surface area is 174 Å². The number of esters is 1. The molecule has 11 nitrogen and oxygen atoms in total. The lowest BCUT2D eigenvalue weighted by Crippen LogP contribution is -2.22. The number of rotatable bonds is 12. The molecule has 1 fully saturated rings. The lowest BCUT2D eigenvalue weighted by atomic mass is 10.2. The number of benzene rings is 1. The average Bonchev–Trinajstić information content (AvgIpc) is 3.20. The number of hydrogen-bond acceptors (Lipinski definition) is 12. The normalized spacial score (nSPS) is 14.0. The molecule has 2 rings (SSSR count). The average molecular weight is 448 g/mol. The van der Waals surface area contributed by atoms with E-state index in [9.17, 15) is 19.7 Å². The number of nitro groups is 1. The minimum absolute atomic E-state index is 0.0606. The highest BCUT2D eigenvalue weighted by molar-refractivity contribution is 8.76. The maximum absolute atomic E-state index is 11.8. The summed E-state index contributed by atoms with van der Waals surface area (Å²) in [7, 11) is 2.97. The van der Waals surface area contributed by atoms with Crippen LogP contribution in [0.2, 0.25) is 0 Å². The van der Waals surface area contributed by atoms with Gasteiger partial charge in [0.25, 0.3) is 5.69 Å².